The Kier molecular flexibility index (Phi) is 1.91. The van der Waals surface area contributed by atoms with Crippen molar-refractivity contribution in [2.75, 3.05) is 7.11 Å². The van der Waals surface area contributed by atoms with Gasteiger partial charge in [0, 0.05) is 9.75 Å². The zero-order valence-corrected chi connectivity index (χ0v) is 8.61. The van der Waals surface area contributed by atoms with Crippen LogP contribution >= 0.6 is 11.3 Å². The Labute approximate surface area is 81.5 Å². The molecule has 1 fully saturated rings. The van der Waals surface area contributed by atoms with Gasteiger partial charge in [0.2, 0.25) is 0 Å². The zero-order chi connectivity index (χ0) is 9.47. The molecule has 1 aliphatic carbocycles. The van der Waals surface area contributed by atoms with E-state index in [-0.39, 0.29) is 11.4 Å². The third kappa shape index (κ3) is 1.27. The molecule has 0 aliphatic heterocycles. The van der Waals surface area contributed by atoms with E-state index in [2.05, 4.69) is 13.0 Å². The van der Waals surface area contributed by atoms with E-state index in [0.717, 1.165) is 17.7 Å². The predicted octanol–water partition coefficient (Wildman–Crippen LogP) is 2.26. The first-order valence-corrected chi connectivity index (χ1v) is 5.16. The van der Waals surface area contributed by atoms with E-state index in [1.807, 2.05) is 6.07 Å². The lowest BCUT2D eigenvalue weighted by atomic mass is 10.1. The van der Waals surface area contributed by atoms with Crippen molar-refractivity contribution >= 4 is 17.3 Å². The quantitative estimate of drug-likeness (QED) is 0.678. The van der Waals surface area contributed by atoms with Gasteiger partial charge in [-0.05, 0) is 31.9 Å². The van der Waals surface area contributed by atoms with Crippen LogP contribution in [0.15, 0.2) is 12.1 Å². The topological polar surface area (TPSA) is 26.3 Å². The van der Waals surface area contributed by atoms with Crippen LogP contribution in [-0.2, 0) is 14.9 Å². The molecule has 0 amide bonds. The lowest BCUT2D eigenvalue weighted by molar-refractivity contribution is -0.143. The summed E-state index contributed by atoms with van der Waals surface area (Å²) in [7, 11) is 1.46. The van der Waals surface area contributed by atoms with Crippen molar-refractivity contribution in [1.82, 2.24) is 0 Å². The summed E-state index contributed by atoms with van der Waals surface area (Å²) in [4.78, 5) is 13.9. The summed E-state index contributed by atoms with van der Waals surface area (Å²) in [5.74, 6) is -0.0747. The number of hydrogen-bond acceptors (Lipinski definition) is 3. The lowest BCUT2D eigenvalue weighted by Gasteiger charge is -2.09. The fraction of sp³-hybridized carbons (Fsp3) is 0.500. The molecule has 13 heavy (non-hydrogen) atoms. The monoisotopic (exact) mass is 196 g/mol. The number of carbonyl (C=O) groups is 1. The summed E-state index contributed by atoms with van der Waals surface area (Å²) in [6, 6.07) is 4.10. The van der Waals surface area contributed by atoms with Gasteiger partial charge < -0.3 is 4.74 Å². The Bertz CT molecular complexity index is 336. The Balaban J connectivity index is 2.30. The highest BCUT2D eigenvalue weighted by molar-refractivity contribution is 7.12. The Morgan fingerprint density at radius 3 is 2.62 bits per heavy atom. The third-order valence-corrected chi connectivity index (χ3v) is 3.74. The van der Waals surface area contributed by atoms with Crippen molar-refractivity contribution in [2.45, 2.75) is 25.2 Å². The minimum absolute atomic E-state index is 0.0747. The molecule has 0 atom stereocenters. The third-order valence-electron chi connectivity index (χ3n) is 2.54. The number of aryl methyl sites for hydroxylation is 1. The first kappa shape index (κ1) is 8.75. The average molecular weight is 196 g/mol. The average Bonchev–Trinajstić information content (AvgIpc) is 2.83. The number of rotatable bonds is 2. The molecule has 0 radical (unpaired) electrons. The predicted molar refractivity (Wildman–Crippen MR) is 52.0 cm³/mol. The summed E-state index contributed by atoms with van der Waals surface area (Å²) in [5.41, 5.74) is -0.270. The molecule has 70 valence electrons. The van der Waals surface area contributed by atoms with E-state index >= 15 is 0 Å². The number of ether oxygens (including phenoxy) is 1. The molecule has 0 saturated heterocycles. The number of hydrogen-bond donors (Lipinski definition) is 0. The number of esters is 1. The number of thiophene rings is 1. The van der Waals surface area contributed by atoms with E-state index in [1.165, 1.54) is 12.0 Å². The molecule has 0 bridgehead atoms. The minimum atomic E-state index is -0.270. The molecule has 2 rings (SSSR count). The first-order chi connectivity index (χ1) is 6.19. The van der Waals surface area contributed by atoms with Gasteiger partial charge in [0.25, 0.3) is 0 Å². The summed E-state index contributed by atoms with van der Waals surface area (Å²) < 4.78 is 4.81. The van der Waals surface area contributed by atoms with Gasteiger partial charge in [-0.3, -0.25) is 4.79 Å². The first-order valence-electron chi connectivity index (χ1n) is 4.34. The molecular weight excluding hydrogens is 184 g/mol. The molecule has 0 unspecified atom stereocenters. The second kappa shape index (κ2) is 2.84. The Morgan fingerprint density at radius 1 is 1.54 bits per heavy atom. The fourth-order valence-electron chi connectivity index (χ4n) is 1.56. The molecule has 0 N–H and O–H groups in total. The van der Waals surface area contributed by atoms with Gasteiger partial charge in [0.05, 0.1) is 7.11 Å². The minimum Gasteiger partial charge on any atom is -0.468 e. The van der Waals surface area contributed by atoms with Crippen molar-refractivity contribution in [3.8, 4) is 0 Å². The molecule has 3 heteroatoms. The smallest absolute Gasteiger partial charge is 0.317 e. The van der Waals surface area contributed by atoms with Crippen molar-refractivity contribution in [2.24, 2.45) is 0 Å². The van der Waals surface area contributed by atoms with Crippen LogP contribution < -0.4 is 0 Å². The number of methoxy groups -OCH3 is 1. The van der Waals surface area contributed by atoms with Crippen molar-refractivity contribution in [3.05, 3.63) is 21.9 Å². The molecule has 1 aromatic heterocycles. The van der Waals surface area contributed by atoms with E-state index in [4.69, 9.17) is 4.74 Å². The van der Waals surface area contributed by atoms with Crippen LogP contribution in [0.5, 0.6) is 0 Å². The standard InChI is InChI=1S/C10H12O2S/c1-7-3-4-8(13-7)10(5-6-10)9(11)12-2/h3-4H,5-6H2,1-2H3. The van der Waals surface area contributed by atoms with Crippen LogP contribution in [0.25, 0.3) is 0 Å². The highest BCUT2D eigenvalue weighted by Gasteiger charge is 2.53. The Hall–Kier alpha value is -0.830. The molecular formula is C10H12O2S. The van der Waals surface area contributed by atoms with Gasteiger partial charge in [-0.25, -0.2) is 0 Å². The molecule has 1 heterocycles. The maximum absolute atomic E-state index is 11.5. The van der Waals surface area contributed by atoms with Gasteiger partial charge in [-0.15, -0.1) is 11.3 Å². The maximum atomic E-state index is 11.5. The van der Waals surface area contributed by atoms with Crippen LogP contribution in [0.4, 0.5) is 0 Å². The second-order valence-corrected chi connectivity index (χ2v) is 4.77. The molecule has 1 saturated carbocycles. The molecule has 2 nitrogen and oxygen atoms in total. The van der Waals surface area contributed by atoms with E-state index in [0.29, 0.717) is 0 Å². The summed E-state index contributed by atoms with van der Waals surface area (Å²) in [5, 5.41) is 0. The maximum Gasteiger partial charge on any atom is 0.317 e. The normalized spacial score (nSPS) is 18.3. The molecule has 1 aliphatic rings. The van der Waals surface area contributed by atoms with Crippen LogP contribution in [0.3, 0.4) is 0 Å². The van der Waals surface area contributed by atoms with E-state index in [9.17, 15) is 4.79 Å². The van der Waals surface area contributed by atoms with E-state index < -0.39 is 0 Å². The van der Waals surface area contributed by atoms with Crippen molar-refractivity contribution < 1.29 is 9.53 Å². The second-order valence-electron chi connectivity index (χ2n) is 3.48. The van der Waals surface area contributed by atoms with Crippen molar-refractivity contribution in [3.63, 3.8) is 0 Å². The van der Waals surface area contributed by atoms with Crippen LogP contribution in [-0.4, -0.2) is 13.1 Å². The summed E-state index contributed by atoms with van der Waals surface area (Å²) >= 11 is 1.70. The number of carbonyl (C=O) groups excluding carboxylic acids is 1. The van der Waals surface area contributed by atoms with Gasteiger partial charge in [0.15, 0.2) is 0 Å². The highest BCUT2D eigenvalue weighted by atomic mass is 32.1. The molecule has 1 aromatic rings. The lowest BCUT2D eigenvalue weighted by Crippen LogP contribution is -2.20. The molecule has 0 spiro atoms. The highest BCUT2D eigenvalue weighted by Crippen LogP contribution is 2.51. The fourth-order valence-corrected chi connectivity index (χ4v) is 2.67. The van der Waals surface area contributed by atoms with Crippen LogP contribution in [0, 0.1) is 6.92 Å². The summed E-state index contributed by atoms with van der Waals surface area (Å²) in [6.45, 7) is 2.06. The van der Waals surface area contributed by atoms with Crippen LogP contribution in [0.2, 0.25) is 0 Å². The van der Waals surface area contributed by atoms with Crippen LogP contribution in [0.1, 0.15) is 22.6 Å². The van der Waals surface area contributed by atoms with Gasteiger partial charge >= 0.3 is 5.97 Å². The largest absolute Gasteiger partial charge is 0.468 e. The van der Waals surface area contributed by atoms with Gasteiger partial charge in [-0.1, -0.05) is 0 Å². The van der Waals surface area contributed by atoms with Crippen molar-refractivity contribution in [1.29, 1.82) is 0 Å². The van der Waals surface area contributed by atoms with Gasteiger partial charge in [0.1, 0.15) is 5.41 Å². The summed E-state index contributed by atoms with van der Waals surface area (Å²) in [6.07, 6.45) is 1.89. The zero-order valence-electron chi connectivity index (χ0n) is 7.79. The van der Waals surface area contributed by atoms with Gasteiger partial charge in [-0.2, -0.15) is 0 Å². The molecule has 0 aromatic carbocycles. The van der Waals surface area contributed by atoms with E-state index in [1.54, 1.807) is 11.3 Å². The Morgan fingerprint density at radius 2 is 2.23 bits per heavy atom. The SMILES string of the molecule is COC(=O)C1(c2ccc(C)s2)CC1.